The number of methoxy groups -OCH3 is 2. The molecule has 3 rings (SSSR count). The molecule has 3 atom stereocenters. The van der Waals surface area contributed by atoms with E-state index in [-0.39, 0.29) is 42.0 Å². The number of carbonyl (C=O) groups is 1. The molecule has 0 aromatic heterocycles. The SMILES string of the molecule is CCOC(=O)[C@H]1C(=N)C[C@@H](c2cccc(OC)c2O)[NH2+][C@H]1c1cccc(OC)c1O. The van der Waals surface area contributed by atoms with Gasteiger partial charge >= 0.3 is 5.97 Å². The number of hydrogen-bond donors (Lipinski definition) is 4. The molecule has 0 amide bonds. The summed E-state index contributed by atoms with van der Waals surface area (Å²) in [5.41, 5.74) is 1.23. The van der Waals surface area contributed by atoms with Gasteiger partial charge in [-0.15, -0.1) is 0 Å². The molecular weight excluding hydrogens is 388 g/mol. The molecule has 1 heterocycles. The first-order chi connectivity index (χ1) is 14.4. The molecule has 0 saturated carbocycles. The number of piperidine rings is 1. The summed E-state index contributed by atoms with van der Waals surface area (Å²) in [6, 6.07) is 9.24. The minimum absolute atomic E-state index is 0.00255. The first kappa shape index (κ1) is 21.4. The lowest BCUT2D eigenvalue weighted by atomic mass is 9.80. The Bertz CT molecular complexity index is 945. The van der Waals surface area contributed by atoms with E-state index in [2.05, 4.69) is 0 Å². The maximum atomic E-state index is 12.7. The van der Waals surface area contributed by atoms with Gasteiger partial charge in [-0.1, -0.05) is 12.1 Å². The second kappa shape index (κ2) is 9.04. The lowest BCUT2D eigenvalue weighted by Gasteiger charge is -2.34. The van der Waals surface area contributed by atoms with Crippen LogP contribution in [0.3, 0.4) is 0 Å². The third-order valence-corrected chi connectivity index (χ3v) is 5.41. The summed E-state index contributed by atoms with van der Waals surface area (Å²) in [6.45, 7) is 1.91. The number of benzene rings is 2. The van der Waals surface area contributed by atoms with Crippen LogP contribution in [0.2, 0.25) is 0 Å². The average molecular weight is 415 g/mol. The third kappa shape index (κ3) is 3.91. The third-order valence-electron chi connectivity index (χ3n) is 5.41. The van der Waals surface area contributed by atoms with Crippen molar-refractivity contribution in [1.29, 1.82) is 5.41 Å². The van der Waals surface area contributed by atoms with E-state index in [1.807, 2.05) is 5.32 Å². The number of nitrogens with one attached hydrogen (secondary N) is 1. The molecule has 0 bridgehead atoms. The van der Waals surface area contributed by atoms with Crippen LogP contribution in [0.15, 0.2) is 36.4 Å². The number of quaternary nitrogens is 1. The van der Waals surface area contributed by atoms with Gasteiger partial charge in [-0.2, -0.15) is 0 Å². The van der Waals surface area contributed by atoms with E-state index < -0.39 is 17.9 Å². The lowest BCUT2D eigenvalue weighted by molar-refractivity contribution is -0.740. The topological polar surface area (TPSA) is 126 Å². The summed E-state index contributed by atoms with van der Waals surface area (Å²) in [5, 5.41) is 31.8. The highest BCUT2D eigenvalue weighted by molar-refractivity contribution is 6.02. The second-order valence-corrected chi connectivity index (χ2v) is 7.08. The van der Waals surface area contributed by atoms with Gasteiger partial charge in [0.25, 0.3) is 0 Å². The van der Waals surface area contributed by atoms with Gasteiger partial charge < -0.3 is 35.1 Å². The van der Waals surface area contributed by atoms with Gasteiger partial charge in [0.15, 0.2) is 28.9 Å². The van der Waals surface area contributed by atoms with Crippen LogP contribution in [0.25, 0.3) is 0 Å². The minimum atomic E-state index is -0.869. The Morgan fingerprint density at radius 2 is 1.63 bits per heavy atom. The van der Waals surface area contributed by atoms with Crippen LogP contribution in [0.4, 0.5) is 0 Å². The Labute approximate surface area is 174 Å². The summed E-state index contributed by atoms with van der Waals surface area (Å²) in [6.07, 6.45) is 0.242. The monoisotopic (exact) mass is 415 g/mol. The molecule has 0 spiro atoms. The number of phenolic OH excluding ortho intramolecular Hbond substituents is 2. The van der Waals surface area contributed by atoms with Crippen molar-refractivity contribution in [1.82, 2.24) is 0 Å². The zero-order chi connectivity index (χ0) is 21.8. The first-order valence-corrected chi connectivity index (χ1v) is 9.73. The Morgan fingerprint density at radius 3 is 2.20 bits per heavy atom. The van der Waals surface area contributed by atoms with Crippen molar-refractivity contribution in [2.45, 2.75) is 25.4 Å². The summed E-state index contributed by atoms with van der Waals surface area (Å²) in [7, 11) is 2.92. The van der Waals surface area contributed by atoms with Crippen LogP contribution >= 0.6 is 0 Å². The van der Waals surface area contributed by atoms with Crippen LogP contribution in [0.1, 0.15) is 36.6 Å². The number of nitrogens with two attached hydrogens (primary N) is 1. The van der Waals surface area contributed by atoms with Crippen LogP contribution in [-0.4, -0.2) is 42.7 Å². The number of aromatic hydroxyl groups is 2. The molecule has 30 heavy (non-hydrogen) atoms. The van der Waals surface area contributed by atoms with Crippen molar-refractivity contribution < 1.29 is 34.5 Å². The summed E-state index contributed by atoms with van der Waals surface area (Å²) < 4.78 is 15.6. The fraction of sp³-hybridized carbons (Fsp3) is 0.364. The summed E-state index contributed by atoms with van der Waals surface area (Å²) in [5.74, 6) is -0.857. The molecule has 2 aromatic rings. The molecule has 1 fully saturated rings. The van der Waals surface area contributed by atoms with Crippen molar-refractivity contribution >= 4 is 11.7 Å². The number of para-hydroxylation sites is 2. The largest absolute Gasteiger partial charge is 0.504 e. The molecule has 1 saturated heterocycles. The van der Waals surface area contributed by atoms with Crippen LogP contribution in [-0.2, 0) is 9.53 Å². The number of hydrogen-bond acceptors (Lipinski definition) is 7. The van der Waals surface area contributed by atoms with Crippen molar-refractivity contribution in [3.63, 3.8) is 0 Å². The lowest BCUT2D eigenvalue weighted by Crippen LogP contribution is -2.90. The Kier molecular flexibility index (Phi) is 6.47. The molecule has 8 heteroatoms. The summed E-state index contributed by atoms with van der Waals surface area (Å²) in [4.78, 5) is 12.7. The number of esters is 1. The van der Waals surface area contributed by atoms with E-state index in [1.54, 1.807) is 43.3 Å². The Hall–Kier alpha value is -3.26. The molecule has 160 valence electrons. The molecule has 1 aliphatic rings. The molecular formula is C22H27N2O6+. The first-order valence-electron chi connectivity index (χ1n) is 9.73. The molecule has 0 unspecified atom stereocenters. The normalized spacial score (nSPS) is 21.2. The number of phenols is 2. The molecule has 8 nitrogen and oxygen atoms in total. The highest BCUT2D eigenvalue weighted by Crippen LogP contribution is 2.40. The molecule has 0 radical (unpaired) electrons. The quantitative estimate of drug-likeness (QED) is 0.535. The highest BCUT2D eigenvalue weighted by atomic mass is 16.5. The van der Waals surface area contributed by atoms with Crippen molar-refractivity contribution in [2.24, 2.45) is 5.92 Å². The van der Waals surface area contributed by atoms with Gasteiger partial charge in [0.2, 0.25) is 0 Å². The van der Waals surface area contributed by atoms with Gasteiger partial charge in [-0.05, 0) is 31.2 Å². The van der Waals surface area contributed by atoms with Crippen molar-refractivity contribution in [2.75, 3.05) is 20.8 Å². The maximum Gasteiger partial charge on any atom is 0.321 e. The number of ether oxygens (including phenoxy) is 3. The Balaban J connectivity index is 2.07. The van der Waals surface area contributed by atoms with Crippen molar-refractivity contribution in [3.8, 4) is 23.0 Å². The highest BCUT2D eigenvalue weighted by Gasteiger charge is 2.46. The zero-order valence-electron chi connectivity index (χ0n) is 17.2. The number of rotatable bonds is 6. The van der Waals surface area contributed by atoms with Crippen LogP contribution in [0, 0.1) is 11.3 Å². The number of carbonyl (C=O) groups excluding carboxylic acids is 1. The van der Waals surface area contributed by atoms with Crippen LogP contribution in [0.5, 0.6) is 23.0 Å². The standard InChI is InChI=1S/C22H26N2O6/c1-4-30-22(27)18-14(23)11-15(12-7-5-9-16(28-2)20(12)25)24-19(18)13-8-6-10-17(29-3)21(13)26/h5-10,15,18-19,23-26H,4,11H2,1-3H3/p+1/t15-,18-,19-/m0/s1. The molecule has 2 aromatic carbocycles. The van der Waals surface area contributed by atoms with Gasteiger partial charge in [-0.3, -0.25) is 4.79 Å². The molecule has 1 aliphatic heterocycles. The van der Waals surface area contributed by atoms with Gasteiger partial charge in [-0.25, -0.2) is 0 Å². The smallest absolute Gasteiger partial charge is 0.321 e. The van der Waals surface area contributed by atoms with E-state index >= 15 is 0 Å². The van der Waals surface area contributed by atoms with Crippen molar-refractivity contribution in [3.05, 3.63) is 47.5 Å². The fourth-order valence-corrected chi connectivity index (χ4v) is 4.00. The molecule has 5 N–H and O–H groups in total. The fourth-order valence-electron chi connectivity index (χ4n) is 4.00. The van der Waals surface area contributed by atoms with E-state index in [9.17, 15) is 15.0 Å². The average Bonchev–Trinajstić information content (AvgIpc) is 2.73. The molecule has 0 aliphatic carbocycles. The minimum Gasteiger partial charge on any atom is -0.504 e. The van der Waals surface area contributed by atoms with Crippen LogP contribution < -0.4 is 14.8 Å². The summed E-state index contributed by atoms with van der Waals surface area (Å²) >= 11 is 0. The predicted octanol–water partition coefficient (Wildman–Crippen LogP) is 2.06. The second-order valence-electron chi connectivity index (χ2n) is 7.08. The van der Waals surface area contributed by atoms with Gasteiger partial charge in [0.05, 0.1) is 32.0 Å². The maximum absolute atomic E-state index is 12.7. The van der Waals surface area contributed by atoms with E-state index in [0.29, 0.717) is 16.9 Å². The van der Waals surface area contributed by atoms with Gasteiger partial charge in [0, 0.05) is 12.1 Å². The van der Waals surface area contributed by atoms with Gasteiger partial charge in [0.1, 0.15) is 12.1 Å². The Morgan fingerprint density at radius 1 is 1.07 bits per heavy atom. The predicted molar refractivity (Wildman–Crippen MR) is 109 cm³/mol. The van der Waals surface area contributed by atoms with E-state index in [4.69, 9.17) is 19.6 Å². The van der Waals surface area contributed by atoms with E-state index in [0.717, 1.165) is 0 Å². The van der Waals surface area contributed by atoms with E-state index in [1.165, 1.54) is 14.2 Å². The zero-order valence-corrected chi connectivity index (χ0v) is 17.2.